The second-order valence-electron chi connectivity index (χ2n) is 4.94. The molecule has 2 rings (SSSR count). The summed E-state index contributed by atoms with van der Waals surface area (Å²) >= 11 is 0. The zero-order valence-corrected chi connectivity index (χ0v) is 13.7. The molecule has 0 heterocycles. The summed E-state index contributed by atoms with van der Waals surface area (Å²) in [5.41, 5.74) is 0.313. The van der Waals surface area contributed by atoms with E-state index in [4.69, 9.17) is 14.6 Å². The van der Waals surface area contributed by atoms with Gasteiger partial charge in [0.2, 0.25) is 0 Å². The van der Waals surface area contributed by atoms with Crippen LogP contribution in [0.3, 0.4) is 0 Å². The second kappa shape index (κ2) is 6.29. The lowest BCUT2D eigenvalue weighted by Crippen LogP contribution is -2.07. The summed E-state index contributed by atoms with van der Waals surface area (Å²) in [5, 5.41) is 9.16. The minimum Gasteiger partial charge on any atom is -0.493 e. The zero-order chi connectivity index (χ0) is 17.2. The highest BCUT2D eigenvalue weighted by Crippen LogP contribution is 2.36. The summed E-state index contributed by atoms with van der Waals surface area (Å²) in [4.78, 5) is 11.0. The average molecular weight is 336 g/mol. The van der Waals surface area contributed by atoms with Crippen LogP contribution in [0.5, 0.6) is 17.2 Å². The Morgan fingerprint density at radius 2 is 1.70 bits per heavy atom. The van der Waals surface area contributed by atoms with Crippen LogP contribution in [0.4, 0.5) is 0 Å². The van der Waals surface area contributed by atoms with Gasteiger partial charge in [0.1, 0.15) is 10.6 Å². The molecule has 2 aromatic carbocycles. The number of aromatic carboxylic acids is 1. The normalized spacial score (nSPS) is 11.1. The van der Waals surface area contributed by atoms with E-state index in [1.807, 2.05) is 0 Å². The molecule has 0 amide bonds. The summed E-state index contributed by atoms with van der Waals surface area (Å²) in [6.45, 7) is 1.57. The van der Waals surface area contributed by atoms with E-state index < -0.39 is 15.8 Å². The van der Waals surface area contributed by atoms with Gasteiger partial charge in [-0.15, -0.1) is 0 Å². The largest absolute Gasteiger partial charge is 0.493 e. The van der Waals surface area contributed by atoms with Crippen LogP contribution in [-0.4, -0.2) is 32.9 Å². The molecule has 0 spiro atoms. The molecule has 0 bridgehead atoms. The van der Waals surface area contributed by atoms with Crippen molar-refractivity contribution in [1.29, 1.82) is 0 Å². The lowest BCUT2D eigenvalue weighted by Gasteiger charge is -2.14. The smallest absolute Gasteiger partial charge is 0.335 e. The Labute approximate surface area is 134 Å². The van der Waals surface area contributed by atoms with Crippen LogP contribution in [0, 0.1) is 6.92 Å². The molecule has 6 nitrogen and oxygen atoms in total. The molecule has 0 aromatic heterocycles. The minimum atomic E-state index is -3.68. The summed E-state index contributed by atoms with van der Waals surface area (Å²) in [7, 11) is -2.20. The van der Waals surface area contributed by atoms with Crippen molar-refractivity contribution in [1.82, 2.24) is 0 Å². The number of sulfone groups is 1. The van der Waals surface area contributed by atoms with Crippen LogP contribution in [0.25, 0.3) is 0 Å². The summed E-state index contributed by atoms with van der Waals surface area (Å²) in [6.07, 6.45) is 0.998. The fraction of sp³-hybridized carbons (Fsp3) is 0.188. The Kier molecular flexibility index (Phi) is 4.60. The lowest BCUT2D eigenvalue weighted by molar-refractivity contribution is 0.0696. The Bertz CT molecular complexity index is 855. The van der Waals surface area contributed by atoms with Crippen molar-refractivity contribution in [2.45, 2.75) is 11.8 Å². The predicted octanol–water partition coefficient (Wildman–Crippen LogP) is 2.90. The molecule has 0 aliphatic rings. The van der Waals surface area contributed by atoms with Crippen LogP contribution < -0.4 is 9.47 Å². The number of carboxylic acid groups (broad SMARTS) is 1. The van der Waals surface area contributed by atoms with Gasteiger partial charge in [-0.3, -0.25) is 0 Å². The van der Waals surface area contributed by atoms with Gasteiger partial charge in [-0.05, 0) is 36.8 Å². The summed E-state index contributed by atoms with van der Waals surface area (Å²) < 4.78 is 34.8. The van der Waals surface area contributed by atoms with Crippen LogP contribution in [0.2, 0.25) is 0 Å². The van der Waals surface area contributed by atoms with E-state index in [1.54, 1.807) is 31.2 Å². The van der Waals surface area contributed by atoms with Gasteiger partial charge in [-0.2, -0.15) is 0 Å². The van der Waals surface area contributed by atoms with E-state index in [0.29, 0.717) is 17.1 Å². The van der Waals surface area contributed by atoms with Gasteiger partial charge >= 0.3 is 5.97 Å². The van der Waals surface area contributed by atoms with Crippen molar-refractivity contribution < 1.29 is 27.8 Å². The molecule has 0 saturated heterocycles. The fourth-order valence-corrected chi connectivity index (χ4v) is 2.88. The van der Waals surface area contributed by atoms with E-state index in [1.165, 1.54) is 13.2 Å². The third-order valence-electron chi connectivity index (χ3n) is 3.21. The maximum atomic E-state index is 12.0. The van der Waals surface area contributed by atoms with Crippen LogP contribution in [-0.2, 0) is 9.84 Å². The monoisotopic (exact) mass is 336 g/mol. The Morgan fingerprint density at radius 1 is 1.09 bits per heavy atom. The maximum absolute atomic E-state index is 12.0. The number of ether oxygens (including phenoxy) is 2. The zero-order valence-electron chi connectivity index (χ0n) is 12.9. The third-order valence-corrected chi connectivity index (χ3v) is 4.33. The molecular formula is C16H16O6S. The highest BCUT2D eigenvalue weighted by molar-refractivity contribution is 7.90. The third kappa shape index (κ3) is 3.62. The first-order valence-electron chi connectivity index (χ1n) is 6.63. The van der Waals surface area contributed by atoms with Crippen LogP contribution in [0.1, 0.15) is 15.9 Å². The first-order chi connectivity index (χ1) is 10.7. The van der Waals surface area contributed by atoms with Crippen molar-refractivity contribution >= 4 is 15.8 Å². The number of para-hydroxylation sites is 2. The molecule has 0 unspecified atom stereocenters. The quantitative estimate of drug-likeness (QED) is 0.903. The maximum Gasteiger partial charge on any atom is 0.335 e. The van der Waals surface area contributed by atoms with Crippen LogP contribution in [0.15, 0.2) is 41.3 Å². The topological polar surface area (TPSA) is 89.9 Å². The molecule has 7 heteroatoms. The second-order valence-corrected chi connectivity index (χ2v) is 6.93. The van der Waals surface area contributed by atoms with E-state index in [2.05, 4.69) is 0 Å². The van der Waals surface area contributed by atoms with Gasteiger partial charge in [0, 0.05) is 6.26 Å². The first kappa shape index (κ1) is 16.8. The summed E-state index contributed by atoms with van der Waals surface area (Å²) in [5.74, 6) is -0.370. The lowest BCUT2D eigenvalue weighted by atomic mass is 10.1. The predicted molar refractivity (Wildman–Crippen MR) is 84.3 cm³/mol. The van der Waals surface area contributed by atoms with Gasteiger partial charge in [0.25, 0.3) is 0 Å². The van der Waals surface area contributed by atoms with E-state index in [9.17, 15) is 13.2 Å². The Hall–Kier alpha value is -2.54. The number of aryl methyl sites for hydroxylation is 1. The molecule has 2 aromatic rings. The van der Waals surface area contributed by atoms with Crippen molar-refractivity contribution in [3.05, 3.63) is 47.5 Å². The van der Waals surface area contributed by atoms with Crippen molar-refractivity contribution in [3.63, 3.8) is 0 Å². The fourth-order valence-electron chi connectivity index (χ4n) is 2.08. The Balaban J connectivity index is 2.62. The highest BCUT2D eigenvalue weighted by Gasteiger charge is 2.21. The average Bonchev–Trinajstić information content (AvgIpc) is 2.46. The van der Waals surface area contributed by atoms with Gasteiger partial charge in [0.05, 0.1) is 12.7 Å². The number of carboxylic acids is 1. The van der Waals surface area contributed by atoms with E-state index in [0.717, 1.165) is 12.3 Å². The molecule has 0 saturated carbocycles. The molecular weight excluding hydrogens is 320 g/mol. The van der Waals surface area contributed by atoms with Gasteiger partial charge < -0.3 is 14.6 Å². The molecule has 1 N–H and O–H groups in total. The number of benzene rings is 2. The number of hydrogen-bond acceptors (Lipinski definition) is 5. The Morgan fingerprint density at radius 3 is 2.22 bits per heavy atom. The van der Waals surface area contributed by atoms with Crippen LogP contribution >= 0.6 is 0 Å². The number of hydrogen-bond donors (Lipinski definition) is 1. The van der Waals surface area contributed by atoms with Gasteiger partial charge in [-0.1, -0.05) is 12.1 Å². The number of carbonyl (C=O) groups is 1. The minimum absolute atomic E-state index is 0.0551. The molecule has 23 heavy (non-hydrogen) atoms. The molecule has 0 aliphatic carbocycles. The molecule has 0 atom stereocenters. The van der Waals surface area contributed by atoms with E-state index in [-0.39, 0.29) is 16.2 Å². The number of rotatable bonds is 5. The first-order valence-corrected chi connectivity index (χ1v) is 8.52. The molecule has 122 valence electrons. The van der Waals surface area contributed by atoms with E-state index >= 15 is 0 Å². The highest BCUT2D eigenvalue weighted by atomic mass is 32.2. The summed E-state index contributed by atoms with van der Waals surface area (Å²) in [6, 6.07) is 9.28. The SMILES string of the molecule is COc1ccccc1Oc1cc(C)c(C(=O)O)cc1S(C)(=O)=O. The molecule has 0 fully saturated rings. The van der Waals surface area contributed by atoms with Gasteiger partial charge in [0.15, 0.2) is 21.3 Å². The standard InChI is InChI=1S/C16H16O6S/c1-10-8-14(22-13-7-5-4-6-12(13)21-2)15(23(3,19)20)9-11(10)16(17)18/h4-9H,1-3H3,(H,17,18). The number of methoxy groups -OCH3 is 1. The van der Waals surface area contributed by atoms with Crippen molar-refractivity contribution in [2.75, 3.05) is 13.4 Å². The van der Waals surface area contributed by atoms with Crippen molar-refractivity contribution in [2.24, 2.45) is 0 Å². The molecule has 0 radical (unpaired) electrons. The van der Waals surface area contributed by atoms with Crippen molar-refractivity contribution in [3.8, 4) is 17.2 Å². The van der Waals surface area contributed by atoms with Gasteiger partial charge in [-0.25, -0.2) is 13.2 Å². The molecule has 0 aliphatic heterocycles.